The Morgan fingerprint density at radius 2 is 1.82 bits per heavy atom. The topological polar surface area (TPSA) is 52.6 Å². The molecular weight excluding hydrogens is 356 g/mol. The Bertz CT molecular complexity index is 250. The van der Waals surface area contributed by atoms with E-state index < -0.39 is 0 Å². The van der Waals surface area contributed by atoms with Crippen molar-refractivity contribution in [3.05, 3.63) is 12.2 Å². The molecule has 0 radical (unpaired) electrons. The summed E-state index contributed by atoms with van der Waals surface area (Å²) in [6.45, 7) is 5.89. The van der Waals surface area contributed by atoms with Gasteiger partial charge in [-0.25, -0.2) is 4.79 Å². The van der Waals surface area contributed by atoms with Gasteiger partial charge in [0.05, 0.1) is 13.7 Å². The zero-order chi connectivity index (χ0) is 13.8. The van der Waals surface area contributed by atoms with E-state index in [9.17, 15) is 9.59 Å². The molecule has 0 aliphatic heterocycles. The maximum atomic E-state index is 10.5. The maximum absolute atomic E-state index is 10.5. The summed E-state index contributed by atoms with van der Waals surface area (Å²) in [6, 6.07) is 0. The minimum Gasteiger partial charge on any atom is -0.466 e. The van der Waals surface area contributed by atoms with E-state index >= 15 is 0 Å². The summed E-state index contributed by atoms with van der Waals surface area (Å²) >= 11 is 6.30. The lowest BCUT2D eigenvalue weighted by atomic mass is 10.4. The van der Waals surface area contributed by atoms with Crippen LogP contribution in [0.1, 0.15) is 20.8 Å². The number of carbonyl (C=O) groups excluding carboxylic acids is 2. The lowest BCUT2D eigenvalue weighted by Gasteiger charge is -2.00. The molecule has 0 saturated carbocycles. The van der Waals surface area contributed by atoms with Crippen LogP contribution in [-0.4, -0.2) is 35.3 Å². The van der Waals surface area contributed by atoms with Gasteiger partial charge in [0.15, 0.2) is 0 Å². The second-order valence-corrected chi connectivity index (χ2v) is 5.75. The number of rotatable bonds is 4. The third-order valence-electron chi connectivity index (χ3n) is 1.31. The second kappa shape index (κ2) is 12.1. The highest BCUT2D eigenvalue weighted by molar-refractivity contribution is 9.10. The predicted octanol–water partition coefficient (Wildman–Crippen LogP) is 2.83. The van der Waals surface area contributed by atoms with E-state index in [4.69, 9.17) is 0 Å². The summed E-state index contributed by atoms with van der Waals surface area (Å²) in [5.41, 5.74) is 0. The van der Waals surface area contributed by atoms with Gasteiger partial charge in [0.25, 0.3) is 0 Å². The highest BCUT2D eigenvalue weighted by Gasteiger charge is 2.07. The number of hydrogen-bond acceptors (Lipinski definition) is 4. The molecule has 0 heterocycles. The number of methoxy groups -OCH3 is 1. The van der Waals surface area contributed by atoms with Gasteiger partial charge in [0.1, 0.15) is 4.83 Å². The summed E-state index contributed by atoms with van der Waals surface area (Å²) in [5, 5.41) is 0. The Morgan fingerprint density at radius 1 is 1.29 bits per heavy atom. The molecule has 0 rings (SSSR count). The van der Waals surface area contributed by atoms with E-state index in [2.05, 4.69) is 41.3 Å². The number of ether oxygens (including phenoxy) is 2. The van der Waals surface area contributed by atoms with E-state index in [1.54, 1.807) is 19.9 Å². The lowest BCUT2D eigenvalue weighted by Crippen LogP contribution is -2.13. The van der Waals surface area contributed by atoms with Gasteiger partial charge in [-0.15, -0.1) is 0 Å². The summed E-state index contributed by atoms with van der Waals surface area (Å²) in [7, 11) is 1.35. The number of allylic oxidation sites excluding steroid dienone is 1. The maximum Gasteiger partial charge on any atom is 0.330 e. The van der Waals surface area contributed by atoms with Crippen molar-refractivity contribution in [2.75, 3.05) is 13.7 Å². The fraction of sp³-hybridized carbons (Fsp3) is 0.636. The fourth-order valence-corrected chi connectivity index (χ4v) is 0.821. The van der Waals surface area contributed by atoms with Crippen LogP contribution in [0.4, 0.5) is 0 Å². The Morgan fingerprint density at radius 3 is 2.06 bits per heavy atom. The van der Waals surface area contributed by atoms with Gasteiger partial charge in [0, 0.05) is 10.9 Å². The second-order valence-electron chi connectivity index (χ2n) is 2.93. The molecule has 0 N–H and O–H groups in total. The van der Waals surface area contributed by atoms with Crippen molar-refractivity contribution in [1.29, 1.82) is 0 Å². The quantitative estimate of drug-likeness (QED) is 0.432. The Balaban J connectivity index is 0. The third kappa shape index (κ3) is 15.6. The molecule has 2 atom stereocenters. The molecule has 2 unspecified atom stereocenters. The molecule has 0 amide bonds. The average Bonchev–Trinajstić information content (AvgIpc) is 2.26. The number of carbonyl (C=O) groups is 2. The Hall–Kier alpha value is -0.360. The first-order chi connectivity index (χ1) is 7.84. The van der Waals surface area contributed by atoms with E-state index in [0.717, 1.165) is 0 Å². The van der Waals surface area contributed by atoms with Gasteiger partial charge >= 0.3 is 11.9 Å². The van der Waals surface area contributed by atoms with Crippen molar-refractivity contribution < 1.29 is 19.1 Å². The van der Waals surface area contributed by atoms with Gasteiger partial charge in [-0.1, -0.05) is 37.9 Å². The van der Waals surface area contributed by atoms with E-state index in [1.807, 2.05) is 6.92 Å². The molecule has 0 aromatic rings. The molecule has 0 aliphatic rings. The van der Waals surface area contributed by atoms with Crippen LogP contribution >= 0.6 is 31.9 Å². The smallest absolute Gasteiger partial charge is 0.330 e. The number of hydrogen-bond donors (Lipinski definition) is 0. The van der Waals surface area contributed by atoms with Crippen LogP contribution in [0.3, 0.4) is 0 Å². The summed E-state index contributed by atoms with van der Waals surface area (Å²) in [5.74, 6) is -0.520. The summed E-state index contributed by atoms with van der Waals surface area (Å²) in [4.78, 5) is 20.9. The minimum absolute atomic E-state index is 0.178. The van der Waals surface area contributed by atoms with Crippen LogP contribution in [0.25, 0.3) is 0 Å². The van der Waals surface area contributed by atoms with E-state index in [1.165, 1.54) is 13.2 Å². The average molecular weight is 374 g/mol. The molecule has 0 saturated heterocycles. The Kier molecular flexibility index (Phi) is 13.5. The van der Waals surface area contributed by atoms with Crippen LogP contribution in [0.2, 0.25) is 0 Å². The normalized spacial score (nSPS) is 13.3. The van der Waals surface area contributed by atoms with Crippen molar-refractivity contribution in [3.8, 4) is 0 Å². The summed E-state index contributed by atoms with van der Waals surface area (Å²) < 4.78 is 8.97. The monoisotopic (exact) mass is 372 g/mol. The minimum atomic E-state index is -0.318. The van der Waals surface area contributed by atoms with Crippen molar-refractivity contribution in [1.82, 2.24) is 0 Å². The molecule has 17 heavy (non-hydrogen) atoms. The number of halogens is 2. The molecular formula is C11H18Br2O4. The van der Waals surface area contributed by atoms with Gasteiger partial charge in [-0.2, -0.15) is 0 Å². The first-order valence-corrected chi connectivity index (χ1v) is 6.89. The molecule has 0 fully saturated rings. The molecule has 0 spiro atoms. The van der Waals surface area contributed by atoms with Crippen LogP contribution in [0, 0.1) is 0 Å². The molecule has 6 heteroatoms. The Labute approximate surface area is 119 Å². The van der Waals surface area contributed by atoms with E-state index in [-0.39, 0.29) is 21.6 Å². The molecule has 4 nitrogen and oxygen atoms in total. The predicted molar refractivity (Wildman–Crippen MR) is 74.6 cm³/mol. The van der Waals surface area contributed by atoms with Crippen LogP contribution in [-0.2, 0) is 19.1 Å². The van der Waals surface area contributed by atoms with Gasteiger partial charge in [0.2, 0.25) is 0 Å². The zero-order valence-corrected chi connectivity index (χ0v) is 13.6. The first kappa shape index (κ1) is 19.0. The highest BCUT2D eigenvalue weighted by atomic mass is 79.9. The number of esters is 2. The van der Waals surface area contributed by atoms with Crippen LogP contribution < -0.4 is 0 Å². The molecule has 0 bridgehead atoms. The van der Waals surface area contributed by atoms with Crippen molar-refractivity contribution in [3.63, 3.8) is 0 Å². The molecule has 100 valence electrons. The highest BCUT2D eigenvalue weighted by Crippen LogP contribution is 1.99. The zero-order valence-electron chi connectivity index (χ0n) is 10.4. The largest absolute Gasteiger partial charge is 0.466 e. The first-order valence-electron chi connectivity index (χ1n) is 5.06. The molecule has 0 aliphatic carbocycles. The van der Waals surface area contributed by atoms with Gasteiger partial charge in [-0.3, -0.25) is 4.79 Å². The summed E-state index contributed by atoms with van der Waals surface area (Å²) in [6.07, 6.45) is 3.10. The van der Waals surface area contributed by atoms with Gasteiger partial charge < -0.3 is 9.47 Å². The van der Waals surface area contributed by atoms with E-state index in [0.29, 0.717) is 6.61 Å². The van der Waals surface area contributed by atoms with Crippen LogP contribution in [0.15, 0.2) is 12.2 Å². The lowest BCUT2D eigenvalue weighted by molar-refractivity contribution is -0.142. The SMILES string of the molecule is CCOC(=O)C(C)Br.COC(=O)C=CC(C)Br. The third-order valence-corrected chi connectivity index (χ3v) is 1.99. The van der Waals surface area contributed by atoms with Crippen molar-refractivity contribution >= 4 is 43.8 Å². The standard InChI is InChI=1S/C6H9BrO2.C5H9BrO2/c1-5(7)3-4-6(8)9-2;1-3-8-5(7)4(2)6/h3-5H,1-2H3;4H,3H2,1-2H3. The van der Waals surface area contributed by atoms with Crippen molar-refractivity contribution in [2.24, 2.45) is 0 Å². The molecule has 0 aromatic heterocycles. The van der Waals surface area contributed by atoms with Gasteiger partial charge in [-0.05, 0) is 20.8 Å². The fourth-order valence-electron chi connectivity index (χ4n) is 0.536. The van der Waals surface area contributed by atoms with Crippen molar-refractivity contribution in [2.45, 2.75) is 30.4 Å². The molecule has 0 aromatic carbocycles. The van der Waals surface area contributed by atoms with Crippen LogP contribution in [0.5, 0.6) is 0 Å². The number of alkyl halides is 2.